The lowest BCUT2D eigenvalue weighted by atomic mass is 10.3. The minimum absolute atomic E-state index is 0.773. The average Bonchev–Trinajstić information content (AvgIpc) is 2.67. The normalized spacial score (nSPS) is 11.3. The summed E-state index contributed by atoms with van der Waals surface area (Å²) in [5.74, 6) is 0. The molecule has 0 aliphatic heterocycles. The van der Waals surface area contributed by atoms with E-state index in [1.165, 1.54) is 0 Å². The predicted molar refractivity (Wildman–Crippen MR) is 102 cm³/mol. The van der Waals surface area contributed by atoms with Crippen LogP contribution >= 0.6 is 0 Å². The highest BCUT2D eigenvalue weighted by molar-refractivity contribution is 5.52. The highest BCUT2D eigenvalue weighted by Gasteiger charge is 1.96. The molecule has 25 heavy (non-hydrogen) atoms. The highest BCUT2D eigenvalue weighted by atomic mass is 15.1. The van der Waals surface area contributed by atoms with E-state index in [4.69, 9.17) is 0 Å². The molecule has 3 aromatic carbocycles. The maximum Gasteiger partial charge on any atom is 0.0858 e. The molecule has 0 saturated carbocycles. The van der Waals surface area contributed by atoms with Crippen molar-refractivity contribution < 1.29 is 0 Å². The lowest BCUT2D eigenvalue weighted by Crippen LogP contribution is -2.07. The second kappa shape index (κ2) is 7.97. The summed E-state index contributed by atoms with van der Waals surface area (Å²) in [5, 5.41) is 16.9. The minimum Gasteiger partial charge on any atom is -0.378 e. The van der Waals surface area contributed by atoms with Crippen molar-refractivity contribution in [1.29, 1.82) is 0 Å². The fourth-order valence-corrected chi connectivity index (χ4v) is 2.13. The van der Waals surface area contributed by atoms with Crippen LogP contribution in [0.15, 0.2) is 99.3 Å². The number of benzene rings is 3. The fraction of sp³-hybridized carbons (Fsp3) is 0.100. The van der Waals surface area contributed by atoms with Crippen LogP contribution in [0, 0.1) is 0 Å². The minimum atomic E-state index is 0.773. The fourth-order valence-electron chi connectivity index (χ4n) is 2.13. The SMILES string of the molecule is CN(C)c1ccc(/N=N/c2ccc(/N=N/c3ccccc3)cc2)cc1. The summed E-state index contributed by atoms with van der Waals surface area (Å²) in [7, 11) is 4.01. The van der Waals surface area contributed by atoms with Gasteiger partial charge in [0.25, 0.3) is 0 Å². The van der Waals surface area contributed by atoms with Crippen molar-refractivity contribution >= 4 is 28.4 Å². The lowest BCUT2D eigenvalue weighted by Gasteiger charge is -2.11. The van der Waals surface area contributed by atoms with Gasteiger partial charge in [-0.15, -0.1) is 0 Å². The number of hydrogen-bond donors (Lipinski definition) is 0. The van der Waals surface area contributed by atoms with Gasteiger partial charge in [-0.2, -0.15) is 20.5 Å². The third-order valence-electron chi connectivity index (χ3n) is 3.53. The van der Waals surface area contributed by atoms with E-state index in [0.29, 0.717) is 0 Å². The van der Waals surface area contributed by atoms with Crippen LogP contribution in [0.25, 0.3) is 0 Å². The first-order valence-corrected chi connectivity index (χ1v) is 7.97. The monoisotopic (exact) mass is 329 g/mol. The molecule has 0 saturated heterocycles. The van der Waals surface area contributed by atoms with E-state index in [1.807, 2.05) is 97.9 Å². The van der Waals surface area contributed by atoms with Gasteiger partial charge in [-0.25, -0.2) is 0 Å². The van der Waals surface area contributed by atoms with E-state index in [-0.39, 0.29) is 0 Å². The van der Waals surface area contributed by atoms with Gasteiger partial charge in [0.1, 0.15) is 0 Å². The molecular formula is C20H19N5. The first-order chi connectivity index (χ1) is 12.2. The van der Waals surface area contributed by atoms with Gasteiger partial charge in [-0.1, -0.05) is 18.2 Å². The summed E-state index contributed by atoms with van der Waals surface area (Å²) < 4.78 is 0. The molecular weight excluding hydrogens is 310 g/mol. The second-order valence-electron chi connectivity index (χ2n) is 5.66. The molecule has 5 nitrogen and oxygen atoms in total. The lowest BCUT2D eigenvalue weighted by molar-refractivity contribution is 1.13. The Kier molecular flexibility index (Phi) is 5.26. The van der Waals surface area contributed by atoms with E-state index in [9.17, 15) is 0 Å². The van der Waals surface area contributed by atoms with Crippen molar-refractivity contribution in [1.82, 2.24) is 0 Å². The maximum absolute atomic E-state index is 4.25. The molecule has 0 unspecified atom stereocenters. The topological polar surface area (TPSA) is 52.7 Å². The summed E-state index contributed by atoms with van der Waals surface area (Å²) in [5.41, 5.74) is 4.33. The molecule has 3 rings (SSSR count). The van der Waals surface area contributed by atoms with Crippen molar-refractivity contribution in [2.75, 3.05) is 19.0 Å². The van der Waals surface area contributed by atoms with Crippen molar-refractivity contribution in [2.45, 2.75) is 0 Å². The van der Waals surface area contributed by atoms with E-state index in [0.717, 1.165) is 28.4 Å². The van der Waals surface area contributed by atoms with Gasteiger partial charge < -0.3 is 4.90 Å². The van der Waals surface area contributed by atoms with E-state index in [1.54, 1.807) is 0 Å². The standard InChI is InChI=1S/C20H19N5/c1-25(2)20-14-12-19(13-15-20)24-23-18-10-8-17(9-11-18)22-21-16-6-4-3-5-7-16/h3-15H,1-2H3/b22-21+,24-23+. The predicted octanol–water partition coefficient (Wildman–Crippen LogP) is 6.58. The average molecular weight is 329 g/mol. The van der Waals surface area contributed by atoms with E-state index >= 15 is 0 Å². The zero-order valence-electron chi connectivity index (χ0n) is 14.2. The van der Waals surface area contributed by atoms with Gasteiger partial charge in [-0.05, 0) is 60.7 Å². The third kappa shape index (κ3) is 4.81. The number of anilines is 1. The van der Waals surface area contributed by atoms with Crippen molar-refractivity contribution in [3.8, 4) is 0 Å². The number of nitrogens with zero attached hydrogens (tertiary/aromatic N) is 5. The summed E-state index contributed by atoms with van der Waals surface area (Å²) >= 11 is 0. The number of rotatable bonds is 5. The van der Waals surface area contributed by atoms with Gasteiger partial charge in [0.2, 0.25) is 0 Å². The Morgan fingerprint density at radius 3 is 1.24 bits per heavy atom. The first-order valence-electron chi connectivity index (χ1n) is 7.97. The van der Waals surface area contributed by atoms with Gasteiger partial charge in [0.05, 0.1) is 22.7 Å². The molecule has 0 amide bonds. The Hall–Kier alpha value is -3.34. The first kappa shape index (κ1) is 16.5. The zero-order valence-corrected chi connectivity index (χ0v) is 14.2. The van der Waals surface area contributed by atoms with Crippen LogP contribution in [-0.4, -0.2) is 14.1 Å². The van der Waals surface area contributed by atoms with Crippen molar-refractivity contribution in [3.63, 3.8) is 0 Å². The third-order valence-corrected chi connectivity index (χ3v) is 3.53. The van der Waals surface area contributed by atoms with Crippen LogP contribution in [0.1, 0.15) is 0 Å². The number of hydrogen-bond acceptors (Lipinski definition) is 5. The zero-order chi connectivity index (χ0) is 17.5. The molecule has 0 atom stereocenters. The smallest absolute Gasteiger partial charge is 0.0858 e. The summed E-state index contributed by atoms with van der Waals surface area (Å²) in [4.78, 5) is 2.05. The Balaban J connectivity index is 1.65. The molecule has 0 aliphatic carbocycles. The molecule has 0 fully saturated rings. The van der Waals surface area contributed by atoms with Gasteiger partial charge in [0.15, 0.2) is 0 Å². The van der Waals surface area contributed by atoms with Crippen molar-refractivity contribution in [3.05, 3.63) is 78.9 Å². The second-order valence-corrected chi connectivity index (χ2v) is 5.66. The van der Waals surface area contributed by atoms with Crippen LogP contribution in [0.5, 0.6) is 0 Å². The van der Waals surface area contributed by atoms with Crippen LogP contribution in [0.4, 0.5) is 28.4 Å². The van der Waals surface area contributed by atoms with Crippen LogP contribution in [-0.2, 0) is 0 Å². The molecule has 5 heteroatoms. The Morgan fingerprint density at radius 1 is 0.480 bits per heavy atom. The number of azo groups is 2. The molecule has 0 aliphatic rings. The molecule has 0 aromatic heterocycles. The van der Waals surface area contributed by atoms with Crippen molar-refractivity contribution in [2.24, 2.45) is 20.5 Å². The Morgan fingerprint density at radius 2 is 0.840 bits per heavy atom. The summed E-state index contributed by atoms with van der Waals surface area (Å²) in [6.07, 6.45) is 0. The van der Waals surface area contributed by atoms with Crippen LogP contribution in [0.3, 0.4) is 0 Å². The molecule has 3 aromatic rings. The largest absolute Gasteiger partial charge is 0.378 e. The summed E-state index contributed by atoms with van der Waals surface area (Å²) in [6, 6.07) is 25.0. The maximum atomic E-state index is 4.25. The van der Waals surface area contributed by atoms with Gasteiger partial charge >= 0.3 is 0 Å². The summed E-state index contributed by atoms with van der Waals surface area (Å²) in [6.45, 7) is 0. The molecule has 0 radical (unpaired) electrons. The molecule has 124 valence electrons. The quantitative estimate of drug-likeness (QED) is 0.487. The molecule has 0 spiro atoms. The Labute approximate surface area is 147 Å². The van der Waals surface area contributed by atoms with Gasteiger partial charge in [-0.3, -0.25) is 0 Å². The van der Waals surface area contributed by atoms with Crippen LogP contribution in [0.2, 0.25) is 0 Å². The van der Waals surface area contributed by atoms with E-state index in [2.05, 4.69) is 20.5 Å². The van der Waals surface area contributed by atoms with E-state index < -0.39 is 0 Å². The van der Waals surface area contributed by atoms with Crippen LogP contribution < -0.4 is 4.90 Å². The van der Waals surface area contributed by atoms with Gasteiger partial charge in [0, 0.05) is 19.8 Å². The molecule has 0 bridgehead atoms. The Bertz CT molecular complexity index is 851. The highest BCUT2D eigenvalue weighted by Crippen LogP contribution is 2.24. The molecule has 0 N–H and O–H groups in total. The molecule has 0 heterocycles.